The number of hydrogen-bond donors (Lipinski definition) is 1. The molecule has 0 aliphatic heterocycles. The van der Waals surface area contributed by atoms with Crippen LogP contribution in [-0.4, -0.2) is 12.3 Å². The molecule has 0 heterocycles. The predicted octanol–water partition coefficient (Wildman–Crippen LogP) is 4.40. The molecule has 1 N–H and O–H groups in total. The highest BCUT2D eigenvalue weighted by Gasteiger charge is 2.23. The average molecular weight is 235 g/mol. The van der Waals surface area contributed by atoms with Crippen molar-refractivity contribution < 1.29 is 0 Å². The van der Waals surface area contributed by atoms with Gasteiger partial charge in [0.25, 0.3) is 0 Å². The Morgan fingerprint density at radius 2 is 2.12 bits per heavy atom. The van der Waals surface area contributed by atoms with E-state index in [2.05, 4.69) is 42.8 Å². The highest BCUT2D eigenvalue weighted by Crippen LogP contribution is 2.32. The van der Waals surface area contributed by atoms with Gasteiger partial charge in [-0.05, 0) is 43.6 Å². The number of para-hydroxylation sites is 1. The van der Waals surface area contributed by atoms with Crippen molar-refractivity contribution in [2.75, 3.05) is 11.6 Å². The van der Waals surface area contributed by atoms with Gasteiger partial charge in [-0.25, -0.2) is 0 Å². The van der Waals surface area contributed by atoms with Gasteiger partial charge in [-0.1, -0.05) is 25.5 Å². The Balaban J connectivity index is 1.99. The zero-order valence-electron chi connectivity index (χ0n) is 10.2. The van der Waals surface area contributed by atoms with E-state index in [1.165, 1.54) is 36.3 Å². The molecule has 1 aromatic rings. The van der Waals surface area contributed by atoms with Crippen LogP contribution in [0.3, 0.4) is 0 Å². The molecule has 0 aromatic heterocycles. The molecule has 0 bridgehead atoms. The topological polar surface area (TPSA) is 12.0 Å². The van der Waals surface area contributed by atoms with E-state index in [0.29, 0.717) is 6.04 Å². The summed E-state index contributed by atoms with van der Waals surface area (Å²) in [4.78, 5) is 1.36. The normalized spacial score (nSPS) is 24.6. The van der Waals surface area contributed by atoms with Gasteiger partial charge in [0.1, 0.15) is 0 Å². The number of thioether (sulfide) groups is 1. The lowest BCUT2D eigenvalue weighted by atomic mass is 10.1. The minimum Gasteiger partial charge on any atom is -0.381 e. The summed E-state index contributed by atoms with van der Waals surface area (Å²) >= 11 is 1.82. The summed E-state index contributed by atoms with van der Waals surface area (Å²) in [6, 6.07) is 9.32. The molecule has 1 saturated carbocycles. The second kappa shape index (κ2) is 5.62. The Morgan fingerprint density at radius 1 is 1.31 bits per heavy atom. The molecular weight excluding hydrogens is 214 g/mol. The largest absolute Gasteiger partial charge is 0.381 e. The second-order valence-electron chi connectivity index (χ2n) is 4.63. The molecule has 2 heteroatoms. The van der Waals surface area contributed by atoms with Crippen molar-refractivity contribution in [1.29, 1.82) is 0 Å². The van der Waals surface area contributed by atoms with E-state index in [1.807, 2.05) is 11.8 Å². The van der Waals surface area contributed by atoms with E-state index in [0.717, 1.165) is 5.92 Å². The molecule has 1 aliphatic carbocycles. The molecule has 1 aromatic carbocycles. The van der Waals surface area contributed by atoms with E-state index >= 15 is 0 Å². The van der Waals surface area contributed by atoms with Gasteiger partial charge in [-0.2, -0.15) is 0 Å². The molecule has 16 heavy (non-hydrogen) atoms. The lowest BCUT2D eigenvalue weighted by molar-refractivity contribution is 0.525. The molecular formula is C14H21NS. The second-order valence-corrected chi connectivity index (χ2v) is 5.48. The summed E-state index contributed by atoms with van der Waals surface area (Å²) in [5.41, 5.74) is 1.32. The monoisotopic (exact) mass is 235 g/mol. The highest BCUT2D eigenvalue weighted by molar-refractivity contribution is 7.98. The van der Waals surface area contributed by atoms with E-state index in [4.69, 9.17) is 0 Å². The standard InChI is InChI=1S/C14H21NS/c1-3-11-8-9-12(10-11)15-13-6-4-5-7-14(13)16-2/h4-7,11-12,15H,3,8-10H2,1-2H3. The molecule has 1 nitrogen and oxygen atoms in total. The minimum absolute atomic E-state index is 0.693. The molecule has 2 atom stereocenters. The fourth-order valence-electron chi connectivity index (χ4n) is 2.56. The Kier molecular flexibility index (Phi) is 4.16. The number of rotatable bonds is 4. The number of nitrogens with one attached hydrogen (secondary N) is 1. The molecule has 1 fully saturated rings. The quantitative estimate of drug-likeness (QED) is 0.776. The number of hydrogen-bond acceptors (Lipinski definition) is 2. The zero-order chi connectivity index (χ0) is 11.4. The van der Waals surface area contributed by atoms with E-state index < -0.39 is 0 Å². The van der Waals surface area contributed by atoms with Crippen LogP contribution in [0.1, 0.15) is 32.6 Å². The van der Waals surface area contributed by atoms with Crippen LogP contribution in [0, 0.1) is 5.92 Å². The van der Waals surface area contributed by atoms with Crippen molar-refractivity contribution in [2.24, 2.45) is 5.92 Å². The van der Waals surface area contributed by atoms with Crippen LogP contribution >= 0.6 is 11.8 Å². The van der Waals surface area contributed by atoms with Crippen molar-refractivity contribution in [3.8, 4) is 0 Å². The molecule has 2 rings (SSSR count). The van der Waals surface area contributed by atoms with Crippen LogP contribution in [0.15, 0.2) is 29.2 Å². The van der Waals surface area contributed by atoms with Gasteiger partial charge in [0.15, 0.2) is 0 Å². The van der Waals surface area contributed by atoms with Crippen LogP contribution in [-0.2, 0) is 0 Å². The van der Waals surface area contributed by atoms with Crippen LogP contribution in [0.25, 0.3) is 0 Å². The summed E-state index contributed by atoms with van der Waals surface area (Å²) in [7, 11) is 0. The third-order valence-corrected chi connectivity index (χ3v) is 4.38. The maximum Gasteiger partial charge on any atom is 0.0480 e. The van der Waals surface area contributed by atoms with Crippen LogP contribution < -0.4 is 5.32 Å². The summed E-state index contributed by atoms with van der Waals surface area (Å²) in [6.45, 7) is 2.31. The van der Waals surface area contributed by atoms with Crippen molar-refractivity contribution in [3.05, 3.63) is 24.3 Å². The van der Waals surface area contributed by atoms with Crippen LogP contribution in [0.4, 0.5) is 5.69 Å². The van der Waals surface area contributed by atoms with Gasteiger partial charge >= 0.3 is 0 Å². The lowest BCUT2D eigenvalue weighted by Gasteiger charge is -2.16. The van der Waals surface area contributed by atoms with Crippen molar-refractivity contribution in [2.45, 2.75) is 43.5 Å². The first-order valence-electron chi connectivity index (χ1n) is 6.23. The molecule has 0 radical (unpaired) electrons. The minimum atomic E-state index is 0.693. The maximum atomic E-state index is 3.70. The van der Waals surface area contributed by atoms with E-state index in [1.54, 1.807) is 0 Å². The van der Waals surface area contributed by atoms with Gasteiger partial charge < -0.3 is 5.32 Å². The summed E-state index contributed by atoms with van der Waals surface area (Å²) in [5.74, 6) is 0.943. The average Bonchev–Trinajstić information content (AvgIpc) is 2.77. The van der Waals surface area contributed by atoms with Gasteiger partial charge in [0.2, 0.25) is 0 Å². The molecule has 88 valence electrons. The first kappa shape index (κ1) is 11.8. The third-order valence-electron chi connectivity index (χ3n) is 3.59. The summed E-state index contributed by atoms with van der Waals surface area (Å²) < 4.78 is 0. The van der Waals surface area contributed by atoms with Crippen molar-refractivity contribution >= 4 is 17.4 Å². The van der Waals surface area contributed by atoms with Crippen LogP contribution in [0.2, 0.25) is 0 Å². The maximum absolute atomic E-state index is 3.70. The van der Waals surface area contributed by atoms with Gasteiger partial charge in [0.05, 0.1) is 0 Å². The first-order chi connectivity index (χ1) is 7.83. The summed E-state index contributed by atoms with van der Waals surface area (Å²) in [6.07, 6.45) is 7.56. The molecule has 1 aliphatic rings. The van der Waals surface area contributed by atoms with Crippen molar-refractivity contribution in [1.82, 2.24) is 0 Å². The lowest BCUT2D eigenvalue weighted by Crippen LogP contribution is -2.15. The molecule has 0 spiro atoms. The number of benzene rings is 1. The first-order valence-corrected chi connectivity index (χ1v) is 7.45. The fraction of sp³-hybridized carbons (Fsp3) is 0.571. The Labute approximate surface area is 103 Å². The fourth-order valence-corrected chi connectivity index (χ4v) is 3.12. The Bertz CT molecular complexity index is 337. The van der Waals surface area contributed by atoms with Gasteiger partial charge in [-0.3, -0.25) is 0 Å². The SMILES string of the molecule is CCC1CCC(Nc2ccccc2SC)C1. The molecule has 0 amide bonds. The third kappa shape index (κ3) is 2.73. The van der Waals surface area contributed by atoms with Crippen LogP contribution in [0.5, 0.6) is 0 Å². The molecule has 0 saturated heterocycles. The van der Waals surface area contributed by atoms with Crippen molar-refractivity contribution in [3.63, 3.8) is 0 Å². The smallest absolute Gasteiger partial charge is 0.0480 e. The highest BCUT2D eigenvalue weighted by atomic mass is 32.2. The van der Waals surface area contributed by atoms with Gasteiger partial charge in [0, 0.05) is 16.6 Å². The van der Waals surface area contributed by atoms with E-state index in [9.17, 15) is 0 Å². The Morgan fingerprint density at radius 3 is 2.81 bits per heavy atom. The van der Waals surface area contributed by atoms with E-state index in [-0.39, 0.29) is 0 Å². The predicted molar refractivity (Wildman–Crippen MR) is 73.3 cm³/mol. The molecule has 2 unspecified atom stereocenters. The summed E-state index contributed by atoms with van der Waals surface area (Å²) in [5, 5.41) is 3.70. The Hall–Kier alpha value is -0.630. The van der Waals surface area contributed by atoms with Gasteiger partial charge in [-0.15, -0.1) is 11.8 Å². The number of anilines is 1. The zero-order valence-corrected chi connectivity index (χ0v) is 11.0.